The molecular weight excluding hydrogens is 398 g/mol. The molecule has 1 heterocycles. The van der Waals surface area contributed by atoms with Gasteiger partial charge in [-0.05, 0) is 55.7 Å². The zero-order valence-electron chi connectivity index (χ0n) is 15.8. The largest absolute Gasteiger partial charge is 0.494 e. The van der Waals surface area contributed by atoms with E-state index in [1.807, 2.05) is 31.2 Å². The van der Waals surface area contributed by atoms with Gasteiger partial charge in [0.05, 0.1) is 16.8 Å². The van der Waals surface area contributed by atoms with E-state index in [0.717, 1.165) is 11.3 Å². The van der Waals surface area contributed by atoms with Crippen molar-refractivity contribution in [3.05, 3.63) is 59.1 Å². The Hall–Kier alpha value is -2.05. The molecule has 0 aliphatic carbocycles. The van der Waals surface area contributed by atoms with E-state index in [1.165, 1.54) is 12.1 Å². The molecule has 0 spiro atoms. The van der Waals surface area contributed by atoms with Crippen LogP contribution in [-0.4, -0.2) is 44.2 Å². The topological polar surface area (TPSA) is 63.7 Å². The predicted molar refractivity (Wildman–Crippen MR) is 110 cm³/mol. The molecule has 1 saturated heterocycles. The molecule has 1 amide bonds. The van der Waals surface area contributed by atoms with Crippen LogP contribution in [0.25, 0.3) is 0 Å². The molecule has 0 aromatic heterocycles. The standard InChI is InChI=1S/C21H24ClNO4S/c1-2-27-20-6-4-3-5-16(20)7-12-21(24)23-14-13-19(15-23)28(25,26)18-10-8-17(22)9-11-18/h3-6,8-11,19H,2,7,12-15H2,1H3. The van der Waals surface area contributed by atoms with Crippen LogP contribution in [0.5, 0.6) is 5.75 Å². The number of likely N-dealkylation sites (tertiary alicyclic amines) is 1. The first-order chi connectivity index (χ1) is 13.4. The molecule has 2 aromatic rings. The van der Waals surface area contributed by atoms with Gasteiger partial charge in [0.15, 0.2) is 9.84 Å². The van der Waals surface area contributed by atoms with E-state index in [-0.39, 0.29) is 17.3 Å². The zero-order valence-corrected chi connectivity index (χ0v) is 17.4. The molecule has 1 unspecified atom stereocenters. The van der Waals surface area contributed by atoms with Crippen LogP contribution >= 0.6 is 11.6 Å². The van der Waals surface area contributed by atoms with Crippen molar-refractivity contribution in [3.63, 3.8) is 0 Å². The first-order valence-electron chi connectivity index (χ1n) is 9.39. The third kappa shape index (κ3) is 4.67. The minimum Gasteiger partial charge on any atom is -0.494 e. The van der Waals surface area contributed by atoms with Gasteiger partial charge in [0.25, 0.3) is 0 Å². The highest BCUT2D eigenvalue weighted by atomic mass is 35.5. The van der Waals surface area contributed by atoms with Crippen molar-refractivity contribution in [2.24, 2.45) is 0 Å². The van der Waals surface area contributed by atoms with Crippen LogP contribution in [0.1, 0.15) is 25.3 Å². The second kappa shape index (κ2) is 8.97. The average molecular weight is 422 g/mol. The molecule has 0 N–H and O–H groups in total. The van der Waals surface area contributed by atoms with Crippen molar-refractivity contribution >= 4 is 27.3 Å². The summed E-state index contributed by atoms with van der Waals surface area (Å²) in [5.74, 6) is 0.766. The second-order valence-corrected chi connectivity index (χ2v) is 9.45. The molecule has 28 heavy (non-hydrogen) atoms. The van der Waals surface area contributed by atoms with Crippen LogP contribution in [0, 0.1) is 0 Å². The fraction of sp³-hybridized carbons (Fsp3) is 0.381. The highest BCUT2D eigenvalue weighted by Crippen LogP contribution is 2.26. The Morgan fingerprint density at radius 2 is 1.89 bits per heavy atom. The van der Waals surface area contributed by atoms with Crippen molar-refractivity contribution in [1.29, 1.82) is 0 Å². The van der Waals surface area contributed by atoms with Gasteiger partial charge in [-0.2, -0.15) is 0 Å². The van der Waals surface area contributed by atoms with Gasteiger partial charge in [0.2, 0.25) is 5.91 Å². The molecule has 2 aromatic carbocycles. The number of benzene rings is 2. The summed E-state index contributed by atoms with van der Waals surface area (Å²) in [6, 6.07) is 13.9. The van der Waals surface area contributed by atoms with E-state index in [1.54, 1.807) is 17.0 Å². The third-order valence-corrected chi connectivity index (χ3v) is 7.40. The van der Waals surface area contributed by atoms with E-state index in [4.69, 9.17) is 16.3 Å². The third-order valence-electron chi connectivity index (χ3n) is 4.96. The molecule has 0 bridgehead atoms. The van der Waals surface area contributed by atoms with Crippen LogP contribution in [0.2, 0.25) is 5.02 Å². The van der Waals surface area contributed by atoms with E-state index in [9.17, 15) is 13.2 Å². The Labute approximate surface area is 171 Å². The van der Waals surface area contributed by atoms with Gasteiger partial charge in [0.1, 0.15) is 5.75 Å². The van der Waals surface area contributed by atoms with Crippen LogP contribution in [0.3, 0.4) is 0 Å². The van der Waals surface area contributed by atoms with Gasteiger partial charge in [0, 0.05) is 24.5 Å². The summed E-state index contributed by atoms with van der Waals surface area (Å²) in [5, 5.41) is -0.0807. The molecule has 3 rings (SSSR count). The van der Waals surface area contributed by atoms with Crippen LogP contribution in [-0.2, 0) is 21.1 Å². The minimum atomic E-state index is -3.48. The summed E-state index contributed by atoms with van der Waals surface area (Å²) in [6.45, 7) is 3.19. The normalized spacial score (nSPS) is 16.9. The second-order valence-electron chi connectivity index (χ2n) is 6.79. The monoisotopic (exact) mass is 421 g/mol. The van der Waals surface area contributed by atoms with E-state index in [0.29, 0.717) is 37.4 Å². The molecule has 1 aliphatic rings. The van der Waals surface area contributed by atoms with Crippen molar-refractivity contribution in [1.82, 2.24) is 4.90 Å². The Morgan fingerprint density at radius 1 is 1.18 bits per heavy atom. The lowest BCUT2D eigenvalue weighted by molar-refractivity contribution is -0.130. The highest BCUT2D eigenvalue weighted by molar-refractivity contribution is 7.92. The number of hydrogen-bond acceptors (Lipinski definition) is 4. The van der Waals surface area contributed by atoms with Crippen LogP contribution in [0.4, 0.5) is 0 Å². The molecule has 5 nitrogen and oxygen atoms in total. The summed E-state index contributed by atoms with van der Waals surface area (Å²) in [5.41, 5.74) is 0.988. The lowest BCUT2D eigenvalue weighted by Gasteiger charge is -2.17. The zero-order chi connectivity index (χ0) is 20.1. The fourth-order valence-electron chi connectivity index (χ4n) is 3.43. The number of para-hydroxylation sites is 1. The molecule has 150 valence electrons. The maximum absolute atomic E-state index is 12.8. The maximum Gasteiger partial charge on any atom is 0.222 e. The van der Waals surface area contributed by atoms with Gasteiger partial charge in [-0.3, -0.25) is 4.79 Å². The van der Waals surface area contributed by atoms with Crippen molar-refractivity contribution in [2.75, 3.05) is 19.7 Å². The summed E-state index contributed by atoms with van der Waals surface area (Å²) < 4.78 is 31.2. The number of amides is 1. The molecule has 1 atom stereocenters. The Morgan fingerprint density at radius 3 is 2.61 bits per heavy atom. The first kappa shape index (κ1) is 20.7. The highest BCUT2D eigenvalue weighted by Gasteiger charge is 2.35. The summed E-state index contributed by atoms with van der Waals surface area (Å²) >= 11 is 5.85. The number of nitrogens with zero attached hydrogens (tertiary/aromatic N) is 1. The molecule has 7 heteroatoms. The average Bonchev–Trinajstić information content (AvgIpc) is 3.19. The molecule has 1 aliphatic heterocycles. The van der Waals surface area contributed by atoms with Gasteiger partial charge >= 0.3 is 0 Å². The lowest BCUT2D eigenvalue weighted by atomic mass is 10.1. The molecule has 0 saturated carbocycles. The van der Waals surface area contributed by atoms with E-state index in [2.05, 4.69) is 0 Å². The number of ether oxygens (including phenoxy) is 1. The maximum atomic E-state index is 12.8. The number of carbonyl (C=O) groups is 1. The SMILES string of the molecule is CCOc1ccccc1CCC(=O)N1CCC(S(=O)(=O)c2ccc(Cl)cc2)C1. The number of aryl methyl sites for hydroxylation is 1. The molecular formula is C21H24ClNO4S. The van der Waals surface area contributed by atoms with Crippen LogP contribution < -0.4 is 4.74 Å². The van der Waals surface area contributed by atoms with E-state index < -0.39 is 15.1 Å². The Balaban J connectivity index is 1.61. The van der Waals surface area contributed by atoms with Gasteiger partial charge in [-0.25, -0.2) is 8.42 Å². The number of sulfone groups is 1. The Bertz CT molecular complexity index is 928. The number of rotatable bonds is 7. The van der Waals surface area contributed by atoms with Crippen LogP contribution in [0.15, 0.2) is 53.4 Å². The smallest absolute Gasteiger partial charge is 0.222 e. The van der Waals surface area contributed by atoms with Crippen molar-refractivity contribution < 1.29 is 17.9 Å². The quantitative estimate of drug-likeness (QED) is 0.683. The lowest BCUT2D eigenvalue weighted by Crippen LogP contribution is -2.32. The van der Waals surface area contributed by atoms with Gasteiger partial charge in [-0.1, -0.05) is 29.8 Å². The first-order valence-corrected chi connectivity index (χ1v) is 11.3. The fourth-order valence-corrected chi connectivity index (χ4v) is 5.25. The molecule has 0 radical (unpaired) electrons. The van der Waals surface area contributed by atoms with E-state index >= 15 is 0 Å². The summed E-state index contributed by atoms with van der Waals surface area (Å²) in [4.78, 5) is 14.5. The minimum absolute atomic E-state index is 0.0277. The van der Waals surface area contributed by atoms with Crippen molar-refractivity contribution in [3.8, 4) is 5.75 Å². The molecule has 1 fully saturated rings. The van der Waals surface area contributed by atoms with Gasteiger partial charge in [-0.15, -0.1) is 0 Å². The van der Waals surface area contributed by atoms with Crippen molar-refractivity contribution in [2.45, 2.75) is 36.3 Å². The summed E-state index contributed by atoms with van der Waals surface area (Å²) in [7, 11) is -3.48. The number of hydrogen-bond donors (Lipinski definition) is 0. The Kier molecular flexibility index (Phi) is 6.62. The van der Waals surface area contributed by atoms with Gasteiger partial charge < -0.3 is 9.64 Å². The number of halogens is 1. The summed E-state index contributed by atoms with van der Waals surface area (Å²) in [6.07, 6.45) is 1.35. The number of carbonyl (C=O) groups excluding carboxylic acids is 1. The predicted octanol–water partition coefficient (Wildman–Crippen LogP) is 3.75.